The molecule has 0 aromatic rings. The van der Waals surface area contributed by atoms with Gasteiger partial charge in [0.05, 0.1) is 0 Å². The first kappa shape index (κ1) is 11.4. The molecule has 0 heterocycles. The van der Waals surface area contributed by atoms with E-state index in [9.17, 15) is 5.11 Å². The van der Waals surface area contributed by atoms with E-state index < -0.39 is 6.23 Å². The van der Waals surface area contributed by atoms with Crippen molar-refractivity contribution in [2.75, 3.05) is 13.1 Å². The van der Waals surface area contributed by atoms with E-state index >= 15 is 0 Å². The van der Waals surface area contributed by atoms with Gasteiger partial charge >= 0.3 is 0 Å². The summed E-state index contributed by atoms with van der Waals surface area (Å²) >= 11 is 0. The summed E-state index contributed by atoms with van der Waals surface area (Å²) in [6.45, 7) is 12.7. The van der Waals surface area contributed by atoms with Crippen LogP contribution in [0, 0.1) is 5.92 Å². The Bertz CT molecular complexity index is 133. The topological polar surface area (TPSA) is 23.5 Å². The largest absolute Gasteiger partial charge is 0.378 e. The fourth-order valence-electron chi connectivity index (χ4n) is 1.04. The zero-order valence-electron chi connectivity index (χ0n) is 8.03. The van der Waals surface area contributed by atoms with Crippen molar-refractivity contribution in [2.45, 2.75) is 20.1 Å². The second-order valence-electron chi connectivity index (χ2n) is 3.19. The molecule has 0 rings (SSSR count). The second-order valence-corrected chi connectivity index (χ2v) is 3.19. The quantitative estimate of drug-likeness (QED) is 0.482. The normalized spacial score (nSPS) is 13.4. The van der Waals surface area contributed by atoms with Gasteiger partial charge in [-0.25, -0.2) is 0 Å². The van der Waals surface area contributed by atoms with Gasteiger partial charge in [-0.15, -0.1) is 13.2 Å². The standard InChI is InChI=1S/C10H19NO/c1-5-7-11(8-6-2)10(12)9(3)4/h5-6,9-10,12H,1-2,7-8H2,3-4H3. The van der Waals surface area contributed by atoms with Gasteiger partial charge in [-0.1, -0.05) is 26.0 Å². The maximum absolute atomic E-state index is 9.68. The van der Waals surface area contributed by atoms with Crippen molar-refractivity contribution in [3.05, 3.63) is 25.3 Å². The molecular formula is C10H19NO. The molecule has 0 aliphatic carbocycles. The lowest BCUT2D eigenvalue weighted by atomic mass is 10.1. The van der Waals surface area contributed by atoms with Crippen LogP contribution >= 0.6 is 0 Å². The summed E-state index contributed by atoms with van der Waals surface area (Å²) in [5.41, 5.74) is 0. The lowest BCUT2D eigenvalue weighted by Crippen LogP contribution is -2.38. The molecule has 1 unspecified atom stereocenters. The minimum atomic E-state index is -0.402. The van der Waals surface area contributed by atoms with Crippen LogP contribution in [0.1, 0.15) is 13.8 Å². The Morgan fingerprint density at radius 1 is 1.25 bits per heavy atom. The summed E-state index contributed by atoms with van der Waals surface area (Å²) in [6, 6.07) is 0. The van der Waals surface area contributed by atoms with Crippen LogP contribution in [0.3, 0.4) is 0 Å². The zero-order valence-corrected chi connectivity index (χ0v) is 8.03. The van der Waals surface area contributed by atoms with Crippen LogP contribution in [0.15, 0.2) is 25.3 Å². The van der Waals surface area contributed by atoms with Gasteiger partial charge in [-0.3, -0.25) is 4.90 Å². The van der Waals surface area contributed by atoms with Crippen LogP contribution in [-0.2, 0) is 0 Å². The molecule has 0 aromatic heterocycles. The molecule has 1 N–H and O–H groups in total. The Balaban J connectivity index is 4.06. The fourth-order valence-corrected chi connectivity index (χ4v) is 1.04. The molecule has 70 valence electrons. The van der Waals surface area contributed by atoms with E-state index in [1.54, 1.807) is 12.2 Å². The molecule has 0 aliphatic rings. The molecule has 0 spiro atoms. The minimum absolute atomic E-state index is 0.241. The van der Waals surface area contributed by atoms with Crippen molar-refractivity contribution in [1.29, 1.82) is 0 Å². The molecule has 1 atom stereocenters. The summed E-state index contributed by atoms with van der Waals surface area (Å²) < 4.78 is 0. The molecule has 0 saturated carbocycles. The summed E-state index contributed by atoms with van der Waals surface area (Å²) in [7, 11) is 0. The number of hydrogen-bond acceptors (Lipinski definition) is 2. The highest BCUT2D eigenvalue weighted by molar-refractivity contribution is 4.81. The number of aliphatic hydroxyl groups is 1. The monoisotopic (exact) mass is 169 g/mol. The van der Waals surface area contributed by atoms with E-state index in [2.05, 4.69) is 13.2 Å². The maximum Gasteiger partial charge on any atom is 0.110 e. The fraction of sp³-hybridized carbons (Fsp3) is 0.600. The van der Waals surface area contributed by atoms with Crippen molar-refractivity contribution >= 4 is 0 Å². The third-order valence-corrected chi connectivity index (χ3v) is 1.70. The summed E-state index contributed by atoms with van der Waals surface area (Å²) in [5, 5.41) is 9.68. The first-order valence-corrected chi connectivity index (χ1v) is 4.27. The van der Waals surface area contributed by atoms with Crippen LogP contribution in [0.4, 0.5) is 0 Å². The number of nitrogens with zero attached hydrogens (tertiary/aromatic N) is 1. The van der Waals surface area contributed by atoms with E-state index in [0.717, 1.165) is 0 Å². The molecule has 0 amide bonds. The van der Waals surface area contributed by atoms with E-state index in [-0.39, 0.29) is 5.92 Å². The third-order valence-electron chi connectivity index (χ3n) is 1.70. The molecule has 2 nitrogen and oxygen atoms in total. The van der Waals surface area contributed by atoms with Crippen molar-refractivity contribution < 1.29 is 5.11 Å². The number of hydrogen-bond donors (Lipinski definition) is 1. The number of aliphatic hydroxyl groups excluding tert-OH is 1. The summed E-state index contributed by atoms with van der Waals surface area (Å²) in [5.74, 6) is 0.241. The Morgan fingerprint density at radius 3 is 1.92 bits per heavy atom. The average molecular weight is 169 g/mol. The Hall–Kier alpha value is -0.600. The van der Waals surface area contributed by atoms with Crippen molar-refractivity contribution in [3.63, 3.8) is 0 Å². The van der Waals surface area contributed by atoms with E-state index in [4.69, 9.17) is 0 Å². The van der Waals surface area contributed by atoms with Crippen molar-refractivity contribution in [3.8, 4) is 0 Å². The molecule has 0 fully saturated rings. The molecule has 0 bridgehead atoms. The molecule has 12 heavy (non-hydrogen) atoms. The van der Waals surface area contributed by atoms with Crippen molar-refractivity contribution in [1.82, 2.24) is 4.90 Å². The molecule has 0 aromatic carbocycles. The lowest BCUT2D eigenvalue weighted by molar-refractivity contribution is -0.0159. The Labute approximate surface area is 75.2 Å². The molecular weight excluding hydrogens is 150 g/mol. The Kier molecular flexibility index (Phi) is 5.68. The van der Waals surface area contributed by atoms with Gasteiger partial charge < -0.3 is 5.11 Å². The van der Waals surface area contributed by atoms with Gasteiger partial charge in [-0.05, 0) is 5.92 Å². The van der Waals surface area contributed by atoms with Gasteiger partial charge in [0.2, 0.25) is 0 Å². The lowest BCUT2D eigenvalue weighted by Gasteiger charge is -2.28. The highest BCUT2D eigenvalue weighted by Gasteiger charge is 2.15. The predicted molar refractivity (Wildman–Crippen MR) is 52.8 cm³/mol. The molecule has 0 radical (unpaired) electrons. The maximum atomic E-state index is 9.68. The van der Waals surface area contributed by atoms with Gasteiger partial charge in [0.15, 0.2) is 0 Å². The van der Waals surface area contributed by atoms with Crippen LogP contribution in [0.5, 0.6) is 0 Å². The van der Waals surface area contributed by atoms with E-state index in [0.29, 0.717) is 13.1 Å². The smallest absolute Gasteiger partial charge is 0.110 e. The highest BCUT2D eigenvalue weighted by Crippen LogP contribution is 2.07. The molecule has 2 heteroatoms. The van der Waals surface area contributed by atoms with E-state index in [1.807, 2.05) is 18.7 Å². The minimum Gasteiger partial charge on any atom is -0.378 e. The van der Waals surface area contributed by atoms with Crippen LogP contribution in [0.25, 0.3) is 0 Å². The van der Waals surface area contributed by atoms with Gasteiger partial charge in [-0.2, -0.15) is 0 Å². The van der Waals surface area contributed by atoms with Crippen LogP contribution in [0.2, 0.25) is 0 Å². The second kappa shape index (κ2) is 5.98. The van der Waals surface area contributed by atoms with E-state index in [1.165, 1.54) is 0 Å². The molecule has 0 aliphatic heterocycles. The number of rotatable bonds is 6. The van der Waals surface area contributed by atoms with Crippen molar-refractivity contribution in [2.24, 2.45) is 5.92 Å². The predicted octanol–water partition coefficient (Wildman–Crippen LogP) is 1.63. The average Bonchev–Trinajstić information content (AvgIpc) is 2.03. The van der Waals surface area contributed by atoms with Crippen LogP contribution < -0.4 is 0 Å². The zero-order chi connectivity index (χ0) is 9.56. The molecule has 0 saturated heterocycles. The van der Waals surface area contributed by atoms with Gasteiger partial charge in [0.1, 0.15) is 6.23 Å². The van der Waals surface area contributed by atoms with Gasteiger partial charge in [0, 0.05) is 13.1 Å². The first-order valence-electron chi connectivity index (χ1n) is 4.27. The SMILES string of the molecule is C=CCN(CC=C)C(O)C(C)C. The first-order chi connectivity index (χ1) is 5.63. The third kappa shape index (κ3) is 3.69. The highest BCUT2D eigenvalue weighted by atomic mass is 16.3. The Morgan fingerprint density at radius 2 is 1.67 bits per heavy atom. The van der Waals surface area contributed by atoms with Gasteiger partial charge in [0.25, 0.3) is 0 Å². The van der Waals surface area contributed by atoms with Crippen LogP contribution in [-0.4, -0.2) is 29.3 Å². The summed E-state index contributed by atoms with van der Waals surface area (Å²) in [6.07, 6.45) is 3.17. The summed E-state index contributed by atoms with van der Waals surface area (Å²) in [4.78, 5) is 1.92.